The quantitative estimate of drug-likeness (QED) is 0.222. The SMILES string of the molecule is Cc1ccc(S(=O)(=O)NCC(c2ccccc2)N(/N=C/c2ccccc2)S(=O)(=O)c2ccc(C)cc2)cc1. The van der Waals surface area contributed by atoms with Crippen LogP contribution in [0.1, 0.15) is 28.3 Å². The van der Waals surface area contributed by atoms with Gasteiger partial charge >= 0.3 is 0 Å². The Morgan fingerprint density at radius 1 is 0.711 bits per heavy atom. The molecule has 0 radical (unpaired) electrons. The molecule has 0 spiro atoms. The molecule has 0 amide bonds. The normalized spacial score (nSPS) is 12.9. The first-order valence-electron chi connectivity index (χ1n) is 12.0. The number of rotatable bonds is 10. The van der Waals surface area contributed by atoms with Gasteiger partial charge in [-0.15, -0.1) is 0 Å². The fraction of sp³-hybridized carbons (Fsp3) is 0.138. The van der Waals surface area contributed by atoms with E-state index in [1.54, 1.807) is 60.7 Å². The number of aryl methyl sites for hydroxylation is 2. The fourth-order valence-corrected chi connectivity index (χ4v) is 6.22. The van der Waals surface area contributed by atoms with Crippen molar-refractivity contribution in [1.29, 1.82) is 0 Å². The third-order valence-corrected chi connectivity index (χ3v) is 9.08. The zero-order chi connectivity index (χ0) is 27.2. The highest BCUT2D eigenvalue weighted by molar-refractivity contribution is 7.89. The van der Waals surface area contributed by atoms with E-state index in [-0.39, 0.29) is 16.3 Å². The summed E-state index contributed by atoms with van der Waals surface area (Å²) in [5, 5.41) is 4.41. The first-order chi connectivity index (χ1) is 18.2. The Balaban J connectivity index is 1.78. The second-order valence-corrected chi connectivity index (χ2v) is 12.4. The molecule has 0 aliphatic heterocycles. The summed E-state index contributed by atoms with van der Waals surface area (Å²) in [6.07, 6.45) is 1.45. The van der Waals surface area contributed by atoms with E-state index in [4.69, 9.17) is 0 Å². The maximum Gasteiger partial charge on any atom is 0.279 e. The van der Waals surface area contributed by atoms with E-state index in [1.165, 1.54) is 30.5 Å². The van der Waals surface area contributed by atoms with Crippen molar-refractivity contribution in [2.75, 3.05) is 6.54 Å². The van der Waals surface area contributed by atoms with E-state index in [0.29, 0.717) is 11.1 Å². The molecule has 0 aliphatic rings. The predicted molar refractivity (Wildman–Crippen MR) is 150 cm³/mol. The van der Waals surface area contributed by atoms with Crippen LogP contribution in [0.15, 0.2) is 124 Å². The molecule has 0 heterocycles. The van der Waals surface area contributed by atoms with Gasteiger partial charge in [0.05, 0.1) is 16.0 Å². The largest absolute Gasteiger partial charge is 0.279 e. The van der Waals surface area contributed by atoms with Crippen LogP contribution in [0.5, 0.6) is 0 Å². The summed E-state index contributed by atoms with van der Waals surface area (Å²) in [5.74, 6) is 0. The summed E-state index contributed by atoms with van der Waals surface area (Å²) in [7, 11) is -8.09. The maximum absolute atomic E-state index is 13.9. The Morgan fingerprint density at radius 3 is 1.76 bits per heavy atom. The topological polar surface area (TPSA) is 95.9 Å². The van der Waals surface area contributed by atoms with E-state index >= 15 is 0 Å². The van der Waals surface area contributed by atoms with Crippen molar-refractivity contribution < 1.29 is 16.8 Å². The lowest BCUT2D eigenvalue weighted by Gasteiger charge is -2.29. The second kappa shape index (κ2) is 11.7. The number of hydrogen-bond donors (Lipinski definition) is 1. The minimum atomic E-state index is -4.17. The Hall–Kier alpha value is -3.79. The van der Waals surface area contributed by atoms with Gasteiger partial charge in [0.2, 0.25) is 10.0 Å². The van der Waals surface area contributed by atoms with Gasteiger partial charge in [0, 0.05) is 6.54 Å². The average Bonchev–Trinajstić information content (AvgIpc) is 2.92. The van der Waals surface area contributed by atoms with E-state index < -0.39 is 26.1 Å². The third-order valence-electron chi connectivity index (χ3n) is 5.93. The van der Waals surface area contributed by atoms with Crippen LogP contribution in [0.25, 0.3) is 0 Å². The number of nitrogens with one attached hydrogen (secondary N) is 1. The zero-order valence-corrected chi connectivity index (χ0v) is 22.7. The Bertz CT molecular complexity index is 1590. The molecule has 7 nitrogen and oxygen atoms in total. The summed E-state index contributed by atoms with van der Waals surface area (Å²) < 4.78 is 57.7. The Kier molecular flexibility index (Phi) is 8.41. The second-order valence-electron chi connectivity index (χ2n) is 8.84. The number of benzene rings is 4. The minimum absolute atomic E-state index is 0.0515. The van der Waals surface area contributed by atoms with Gasteiger partial charge in [-0.25, -0.2) is 13.1 Å². The molecule has 0 aliphatic carbocycles. The lowest BCUT2D eigenvalue weighted by Crippen LogP contribution is -2.39. The molecule has 1 atom stereocenters. The van der Waals surface area contributed by atoms with Crippen molar-refractivity contribution in [3.8, 4) is 0 Å². The van der Waals surface area contributed by atoms with Crippen LogP contribution in [0.3, 0.4) is 0 Å². The molecule has 1 unspecified atom stereocenters. The van der Waals surface area contributed by atoms with Gasteiger partial charge in [-0.2, -0.15) is 17.9 Å². The number of hydrogen-bond acceptors (Lipinski definition) is 5. The summed E-state index contributed by atoms with van der Waals surface area (Å²) in [6.45, 7) is 3.50. The van der Waals surface area contributed by atoms with E-state index in [1.807, 2.05) is 38.1 Å². The third kappa shape index (κ3) is 6.55. The first kappa shape index (κ1) is 27.3. The Morgan fingerprint density at radius 2 is 1.21 bits per heavy atom. The lowest BCUT2D eigenvalue weighted by atomic mass is 10.1. The van der Waals surface area contributed by atoms with Crippen molar-refractivity contribution in [3.63, 3.8) is 0 Å². The standard InChI is InChI=1S/C29H29N3O4S2/c1-23-13-17-27(18-14-23)37(33,34)31-22-29(26-11-7-4-8-12-26)32(30-21-25-9-5-3-6-10-25)38(35,36)28-19-15-24(2)16-20-28/h3-21,29,31H,22H2,1-2H3/b30-21+. The zero-order valence-electron chi connectivity index (χ0n) is 21.1. The van der Waals surface area contributed by atoms with Crippen LogP contribution in [-0.2, 0) is 20.0 Å². The van der Waals surface area contributed by atoms with Gasteiger partial charge in [-0.05, 0) is 49.2 Å². The number of sulfonamides is 2. The molecule has 0 saturated carbocycles. The molecule has 1 N–H and O–H groups in total. The molecule has 0 saturated heterocycles. The molecular weight excluding hydrogens is 518 g/mol. The monoisotopic (exact) mass is 547 g/mol. The van der Waals surface area contributed by atoms with Gasteiger partial charge in [0.1, 0.15) is 6.04 Å². The predicted octanol–water partition coefficient (Wildman–Crippen LogP) is 5.05. The van der Waals surface area contributed by atoms with E-state index in [9.17, 15) is 16.8 Å². The van der Waals surface area contributed by atoms with E-state index in [2.05, 4.69) is 9.82 Å². The molecule has 9 heteroatoms. The molecule has 196 valence electrons. The lowest BCUT2D eigenvalue weighted by molar-refractivity contribution is 0.337. The van der Waals surface area contributed by atoms with Crippen LogP contribution in [0.4, 0.5) is 0 Å². The van der Waals surface area contributed by atoms with Gasteiger partial charge in [-0.3, -0.25) is 0 Å². The maximum atomic E-state index is 13.9. The van der Waals surface area contributed by atoms with Crippen molar-refractivity contribution in [2.45, 2.75) is 29.7 Å². The first-order valence-corrected chi connectivity index (χ1v) is 14.9. The smallest absolute Gasteiger partial charge is 0.209 e. The highest BCUT2D eigenvalue weighted by Crippen LogP contribution is 2.29. The number of nitrogens with zero attached hydrogens (tertiary/aromatic N) is 2. The van der Waals surface area contributed by atoms with Crippen LogP contribution in [-0.4, -0.2) is 34.0 Å². The van der Waals surface area contributed by atoms with E-state index in [0.717, 1.165) is 15.5 Å². The number of hydrazone groups is 1. The molecule has 0 fully saturated rings. The van der Waals surface area contributed by atoms with Crippen molar-refractivity contribution in [1.82, 2.24) is 9.14 Å². The highest BCUT2D eigenvalue weighted by atomic mass is 32.2. The van der Waals surface area contributed by atoms with Crippen molar-refractivity contribution in [3.05, 3.63) is 131 Å². The average molecular weight is 548 g/mol. The van der Waals surface area contributed by atoms with Crippen molar-refractivity contribution >= 4 is 26.3 Å². The summed E-state index contributed by atoms with van der Waals surface area (Å²) in [4.78, 5) is 0.145. The molecule has 4 rings (SSSR count). The van der Waals surface area contributed by atoms with Crippen molar-refractivity contribution in [2.24, 2.45) is 5.10 Å². The van der Waals surface area contributed by atoms with Crippen LogP contribution in [0.2, 0.25) is 0 Å². The Labute approximate surface area is 224 Å². The van der Waals surface area contributed by atoms with Gasteiger partial charge in [-0.1, -0.05) is 96.1 Å². The van der Waals surface area contributed by atoms with Crippen LogP contribution >= 0.6 is 0 Å². The fourth-order valence-electron chi connectivity index (χ4n) is 3.78. The van der Waals surface area contributed by atoms with Crippen LogP contribution in [0, 0.1) is 13.8 Å². The van der Waals surface area contributed by atoms with Crippen LogP contribution < -0.4 is 4.72 Å². The van der Waals surface area contributed by atoms with Gasteiger partial charge in [0.15, 0.2) is 0 Å². The van der Waals surface area contributed by atoms with Gasteiger partial charge in [0.25, 0.3) is 10.0 Å². The summed E-state index contributed by atoms with van der Waals surface area (Å²) in [6, 6.07) is 29.9. The minimum Gasteiger partial charge on any atom is -0.209 e. The summed E-state index contributed by atoms with van der Waals surface area (Å²) in [5.41, 5.74) is 3.12. The molecule has 38 heavy (non-hydrogen) atoms. The highest BCUT2D eigenvalue weighted by Gasteiger charge is 2.32. The summed E-state index contributed by atoms with van der Waals surface area (Å²) >= 11 is 0. The van der Waals surface area contributed by atoms with Gasteiger partial charge < -0.3 is 0 Å². The molecule has 4 aromatic rings. The molecular formula is C29H29N3O4S2. The molecule has 0 aromatic heterocycles. The molecule has 4 aromatic carbocycles. The molecule has 0 bridgehead atoms.